The van der Waals surface area contributed by atoms with Crippen molar-refractivity contribution >= 4 is 22.6 Å². The number of benzene rings is 1. The highest BCUT2D eigenvalue weighted by atomic mass is 35.5. The average molecular weight is 576 g/mol. The van der Waals surface area contributed by atoms with Crippen LogP contribution >= 0.6 is 11.6 Å². The van der Waals surface area contributed by atoms with E-state index in [1.807, 2.05) is 13.0 Å². The Morgan fingerprint density at radius 3 is 2.73 bits per heavy atom. The molecule has 1 saturated heterocycles. The van der Waals surface area contributed by atoms with Crippen molar-refractivity contribution < 1.29 is 27.0 Å². The molecule has 2 aliphatic heterocycles. The zero-order chi connectivity index (χ0) is 28.0. The zero-order valence-corrected chi connectivity index (χ0v) is 22.4. The van der Waals surface area contributed by atoms with Crippen LogP contribution in [0.15, 0.2) is 36.5 Å². The summed E-state index contributed by atoms with van der Waals surface area (Å²) in [6.07, 6.45) is -1.46. The van der Waals surface area contributed by atoms with Gasteiger partial charge in [-0.05, 0) is 49.6 Å². The SMILES string of the molecule is Cc1nccc2nc(CN3CCc4cc(C(F)(F)F)c(OCc5ccc(Cl)cc5F)nc4C3)n(C[C@@H]3CCO3)c12. The van der Waals surface area contributed by atoms with Crippen LogP contribution in [0.4, 0.5) is 17.6 Å². The van der Waals surface area contributed by atoms with Crippen LogP contribution in [-0.4, -0.2) is 43.7 Å². The molecule has 0 bridgehead atoms. The van der Waals surface area contributed by atoms with Gasteiger partial charge in [-0.25, -0.2) is 14.4 Å². The number of pyridine rings is 2. The summed E-state index contributed by atoms with van der Waals surface area (Å²) in [5, 5.41) is 0.185. The second kappa shape index (κ2) is 10.6. The number of ether oxygens (including phenoxy) is 2. The van der Waals surface area contributed by atoms with Crippen molar-refractivity contribution in [3.63, 3.8) is 0 Å². The van der Waals surface area contributed by atoms with Crippen LogP contribution in [0, 0.1) is 12.7 Å². The van der Waals surface area contributed by atoms with Crippen molar-refractivity contribution in [2.24, 2.45) is 0 Å². The molecule has 4 aromatic rings. The number of rotatable bonds is 7. The maximum absolute atomic E-state index is 14.2. The molecule has 5 heterocycles. The molecule has 0 aliphatic carbocycles. The minimum atomic E-state index is -4.67. The van der Waals surface area contributed by atoms with Crippen molar-refractivity contribution in [2.75, 3.05) is 13.2 Å². The van der Waals surface area contributed by atoms with Crippen molar-refractivity contribution in [3.8, 4) is 5.88 Å². The van der Waals surface area contributed by atoms with E-state index in [1.54, 1.807) is 6.20 Å². The Morgan fingerprint density at radius 1 is 1.18 bits per heavy atom. The molecule has 0 unspecified atom stereocenters. The zero-order valence-electron chi connectivity index (χ0n) is 21.6. The van der Waals surface area contributed by atoms with Gasteiger partial charge in [0.25, 0.3) is 0 Å². The number of hydrogen-bond acceptors (Lipinski definition) is 6. The number of halogens is 5. The molecule has 210 valence electrons. The quantitative estimate of drug-likeness (QED) is 0.257. The number of imidazole rings is 1. The van der Waals surface area contributed by atoms with E-state index < -0.39 is 30.0 Å². The first-order valence-corrected chi connectivity index (χ1v) is 13.3. The van der Waals surface area contributed by atoms with E-state index in [4.69, 9.17) is 26.1 Å². The van der Waals surface area contributed by atoms with E-state index in [1.165, 1.54) is 12.1 Å². The molecule has 0 radical (unpaired) electrons. The molecule has 3 aromatic heterocycles. The number of nitrogens with zero attached hydrogens (tertiary/aromatic N) is 5. The lowest BCUT2D eigenvalue weighted by Gasteiger charge is -2.30. The lowest BCUT2D eigenvalue weighted by Crippen LogP contribution is -2.34. The Bertz CT molecular complexity index is 1570. The summed E-state index contributed by atoms with van der Waals surface area (Å²) in [5.41, 5.74) is 2.80. The van der Waals surface area contributed by atoms with Gasteiger partial charge in [0.15, 0.2) is 0 Å². The summed E-state index contributed by atoms with van der Waals surface area (Å²) in [5.74, 6) is -0.393. The van der Waals surface area contributed by atoms with E-state index in [0.29, 0.717) is 43.9 Å². The molecule has 6 rings (SSSR count). The van der Waals surface area contributed by atoms with Crippen LogP contribution in [0.2, 0.25) is 5.02 Å². The van der Waals surface area contributed by atoms with Gasteiger partial charge in [-0.1, -0.05) is 17.7 Å². The maximum Gasteiger partial charge on any atom is 0.421 e. The van der Waals surface area contributed by atoms with Crippen LogP contribution in [0.3, 0.4) is 0 Å². The molecule has 0 spiro atoms. The standard InChI is InChI=1S/C28H26ClF4N5O2/c1-16-26-23(4-7-34-16)35-25(38(26)12-20-6-9-39-20)14-37-8-5-17-10-21(28(31,32)33)27(36-24(17)13-37)40-15-18-2-3-19(29)11-22(18)30/h2-4,7,10-11,20H,5-6,8-9,12-15H2,1H3/t20-/m0/s1. The molecule has 2 aliphatic rings. The maximum atomic E-state index is 14.2. The van der Waals surface area contributed by atoms with Gasteiger partial charge in [0, 0.05) is 36.5 Å². The summed E-state index contributed by atoms with van der Waals surface area (Å²) in [6, 6.07) is 6.90. The number of fused-ring (bicyclic) bond motifs is 2. The third-order valence-electron chi connectivity index (χ3n) is 7.37. The highest BCUT2D eigenvalue weighted by molar-refractivity contribution is 6.30. The Morgan fingerprint density at radius 2 is 2.00 bits per heavy atom. The number of alkyl halides is 3. The average Bonchev–Trinajstić information content (AvgIpc) is 3.22. The fourth-order valence-electron chi connectivity index (χ4n) is 5.18. The summed E-state index contributed by atoms with van der Waals surface area (Å²) >= 11 is 5.78. The molecule has 0 saturated carbocycles. The normalized spacial score (nSPS) is 17.6. The van der Waals surface area contributed by atoms with E-state index in [2.05, 4.69) is 19.4 Å². The van der Waals surface area contributed by atoms with Gasteiger partial charge in [0.1, 0.15) is 23.8 Å². The topological polar surface area (TPSA) is 65.3 Å². The van der Waals surface area contributed by atoms with E-state index in [-0.39, 0.29) is 16.7 Å². The predicted octanol–water partition coefficient (Wildman–Crippen LogP) is 5.87. The fourth-order valence-corrected chi connectivity index (χ4v) is 5.34. The molecular weight excluding hydrogens is 550 g/mol. The second-order valence-electron chi connectivity index (χ2n) is 10.1. The van der Waals surface area contributed by atoms with Gasteiger partial charge in [0.2, 0.25) is 5.88 Å². The lowest BCUT2D eigenvalue weighted by atomic mass is 10.0. The van der Waals surface area contributed by atoms with Crippen molar-refractivity contribution in [1.29, 1.82) is 0 Å². The van der Waals surface area contributed by atoms with Gasteiger partial charge in [-0.15, -0.1) is 0 Å². The van der Waals surface area contributed by atoms with Crippen LogP contribution in [-0.2, 0) is 43.6 Å². The second-order valence-corrected chi connectivity index (χ2v) is 10.6. The number of hydrogen-bond donors (Lipinski definition) is 0. The Balaban J connectivity index is 1.27. The third kappa shape index (κ3) is 5.37. The Labute approximate surface area is 232 Å². The van der Waals surface area contributed by atoms with Crippen LogP contribution in [0.5, 0.6) is 5.88 Å². The lowest BCUT2D eigenvalue weighted by molar-refractivity contribution is -0.139. The van der Waals surface area contributed by atoms with Gasteiger partial charge >= 0.3 is 6.18 Å². The largest absolute Gasteiger partial charge is 0.472 e. The van der Waals surface area contributed by atoms with Crippen LogP contribution < -0.4 is 4.74 Å². The minimum absolute atomic E-state index is 0.0813. The fraction of sp³-hybridized carbons (Fsp3) is 0.393. The molecule has 1 fully saturated rings. The molecule has 0 N–H and O–H groups in total. The highest BCUT2D eigenvalue weighted by Crippen LogP contribution is 2.38. The van der Waals surface area contributed by atoms with Gasteiger partial charge < -0.3 is 14.0 Å². The molecule has 1 aromatic carbocycles. The third-order valence-corrected chi connectivity index (χ3v) is 7.61. The first-order valence-electron chi connectivity index (χ1n) is 13.0. The highest BCUT2D eigenvalue weighted by Gasteiger charge is 2.37. The van der Waals surface area contributed by atoms with Gasteiger partial charge in [0.05, 0.1) is 41.6 Å². The summed E-state index contributed by atoms with van der Waals surface area (Å²) in [6.45, 7) is 4.28. The first kappa shape index (κ1) is 26.9. The summed E-state index contributed by atoms with van der Waals surface area (Å²) in [7, 11) is 0. The molecule has 7 nitrogen and oxygen atoms in total. The van der Waals surface area contributed by atoms with Crippen LogP contribution in [0.1, 0.15) is 40.3 Å². The van der Waals surface area contributed by atoms with Crippen molar-refractivity contribution in [1.82, 2.24) is 24.4 Å². The number of aryl methyl sites for hydroxylation is 1. The molecule has 1 atom stereocenters. The monoisotopic (exact) mass is 575 g/mol. The van der Waals surface area contributed by atoms with E-state index in [0.717, 1.165) is 47.7 Å². The molecular formula is C28H26ClF4N5O2. The van der Waals surface area contributed by atoms with Gasteiger partial charge in [-0.2, -0.15) is 13.2 Å². The Hall–Kier alpha value is -3.28. The summed E-state index contributed by atoms with van der Waals surface area (Å²) < 4.78 is 69.2. The van der Waals surface area contributed by atoms with E-state index >= 15 is 0 Å². The Kier molecular flexibility index (Phi) is 7.14. The minimum Gasteiger partial charge on any atom is -0.472 e. The number of aromatic nitrogens is 4. The predicted molar refractivity (Wildman–Crippen MR) is 139 cm³/mol. The smallest absolute Gasteiger partial charge is 0.421 e. The van der Waals surface area contributed by atoms with E-state index in [9.17, 15) is 17.6 Å². The summed E-state index contributed by atoms with van der Waals surface area (Å²) in [4.78, 5) is 15.7. The van der Waals surface area contributed by atoms with Gasteiger partial charge in [-0.3, -0.25) is 9.88 Å². The first-order chi connectivity index (χ1) is 19.2. The van der Waals surface area contributed by atoms with Crippen LogP contribution in [0.25, 0.3) is 11.0 Å². The molecule has 0 amide bonds. The van der Waals surface area contributed by atoms with Crippen molar-refractivity contribution in [2.45, 2.75) is 58.3 Å². The molecule has 40 heavy (non-hydrogen) atoms. The molecule has 12 heteroatoms. The van der Waals surface area contributed by atoms with Crippen molar-refractivity contribution in [3.05, 3.63) is 81.3 Å².